The normalized spacial score (nSPS) is 20.3. The van der Waals surface area contributed by atoms with Crippen molar-refractivity contribution in [3.63, 3.8) is 0 Å². The zero-order valence-corrected chi connectivity index (χ0v) is 13.5. The molecule has 4 rings (SSSR count). The maximum Gasteiger partial charge on any atom is 0.269 e. The van der Waals surface area contributed by atoms with Crippen LogP contribution in [-0.4, -0.2) is 41.1 Å². The number of carbonyl (C=O) groups excluding carboxylic acids is 1. The number of hydrogen-bond acceptors (Lipinski definition) is 4. The Bertz CT molecular complexity index is 697. The van der Waals surface area contributed by atoms with E-state index in [1.807, 2.05) is 30.3 Å². The van der Waals surface area contributed by atoms with Crippen LogP contribution < -0.4 is 5.32 Å². The van der Waals surface area contributed by atoms with Crippen molar-refractivity contribution in [3.05, 3.63) is 42.1 Å². The third-order valence-corrected chi connectivity index (χ3v) is 4.79. The van der Waals surface area contributed by atoms with Crippen molar-refractivity contribution in [3.8, 4) is 11.3 Å². The van der Waals surface area contributed by atoms with Crippen molar-refractivity contribution >= 4 is 5.91 Å². The van der Waals surface area contributed by atoms with Gasteiger partial charge in [0, 0.05) is 24.4 Å². The molecule has 1 saturated heterocycles. The van der Waals surface area contributed by atoms with E-state index in [0.29, 0.717) is 18.9 Å². The molecule has 6 heteroatoms. The van der Waals surface area contributed by atoms with E-state index in [2.05, 4.69) is 15.5 Å². The topological polar surface area (TPSA) is 76.2 Å². The number of benzene rings is 1. The third-order valence-electron chi connectivity index (χ3n) is 4.79. The zero-order chi connectivity index (χ0) is 16.4. The van der Waals surface area contributed by atoms with Crippen molar-refractivity contribution in [2.75, 3.05) is 13.2 Å². The SMILES string of the molecule is O=C(NC1CCC2(CC1)OCCO2)c1cc(-c2ccccc2)n[nH]1. The summed E-state index contributed by atoms with van der Waals surface area (Å²) < 4.78 is 11.4. The second-order valence-electron chi connectivity index (χ2n) is 6.39. The van der Waals surface area contributed by atoms with E-state index in [1.54, 1.807) is 6.07 Å². The third kappa shape index (κ3) is 3.07. The van der Waals surface area contributed by atoms with Crippen molar-refractivity contribution in [1.82, 2.24) is 15.5 Å². The Balaban J connectivity index is 1.36. The van der Waals surface area contributed by atoms with Crippen molar-refractivity contribution in [1.29, 1.82) is 0 Å². The van der Waals surface area contributed by atoms with Crippen molar-refractivity contribution < 1.29 is 14.3 Å². The van der Waals surface area contributed by atoms with Crippen LogP contribution in [0.15, 0.2) is 36.4 Å². The van der Waals surface area contributed by atoms with E-state index in [0.717, 1.165) is 36.9 Å². The fourth-order valence-corrected chi connectivity index (χ4v) is 3.45. The molecule has 0 unspecified atom stereocenters. The number of aromatic amines is 1. The summed E-state index contributed by atoms with van der Waals surface area (Å²) in [6.07, 6.45) is 3.39. The van der Waals surface area contributed by atoms with Crippen LogP contribution in [0.1, 0.15) is 36.2 Å². The molecule has 1 aromatic heterocycles. The van der Waals surface area contributed by atoms with E-state index in [1.165, 1.54) is 0 Å². The van der Waals surface area contributed by atoms with Gasteiger partial charge < -0.3 is 14.8 Å². The summed E-state index contributed by atoms with van der Waals surface area (Å²) in [6, 6.07) is 11.7. The number of rotatable bonds is 3. The van der Waals surface area contributed by atoms with Crippen LogP contribution in [0.25, 0.3) is 11.3 Å². The quantitative estimate of drug-likeness (QED) is 0.908. The average molecular weight is 327 g/mol. The predicted molar refractivity (Wildman–Crippen MR) is 88.4 cm³/mol. The monoisotopic (exact) mass is 327 g/mol. The lowest BCUT2D eigenvalue weighted by molar-refractivity contribution is -0.179. The van der Waals surface area contributed by atoms with Crippen LogP contribution in [0.2, 0.25) is 0 Å². The molecule has 2 aromatic rings. The van der Waals surface area contributed by atoms with Gasteiger partial charge in [-0.15, -0.1) is 0 Å². The Kier molecular flexibility index (Phi) is 4.08. The van der Waals surface area contributed by atoms with E-state index in [4.69, 9.17) is 9.47 Å². The molecule has 2 aliphatic rings. The molecule has 1 aliphatic carbocycles. The summed E-state index contributed by atoms with van der Waals surface area (Å²) in [6.45, 7) is 1.35. The maximum absolute atomic E-state index is 12.4. The minimum Gasteiger partial charge on any atom is -0.348 e. The summed E-state index contributed by atoms with van der Waals surface area (Å²) in [5.74, 6) is -0.505. The number of nitrogens with zero attached hydrogens (tertiary/aromatic N) is 1. The molecule has 24 heavy (non-hydrogen) atoms. The van der Waals surface area contributed by atoms with Gasteiger partial charge in [0.1, 0.15) is 5.69 Å². The summed E-state index contributed by atoms with van der Waals surface area (Å²) in [7, 11) is 0. The molecule has 0 radical (unpaired) electrons. The lowest BCUT2D eigenvalue weighted by Gasteiger charge is -2.35. The molecule has 2 heterocycles. The van der Waals surface area contributed by atoms with Crippen LogP contribution in [0, 0.1) is 0 Å². The van der Waals surface area contributed by atoms with Crippen LogP contribution in [0.3, 0.4) is 0 Å². The van der Waals surface area contributed by atoms with Gasteiger partial charge in [0.25, 0.3) is 5.91 Å². The Morgan fingerprint density at radius 3 is 2.58 bits per heavy atom. The molecular formula is C18H21N3O3. The van der Waals surface area contributed by atoms with Crippen molar-refractivity contribution in [2.24, 2.45) is 0 Å². The highest BCUT2D eigenvalue weighted by Crippen LogP contribution is 2.35. The molecular weight excluding hydrogens is 306 g/mol. The highest BCUT2D eigenvalue weighted by molar-refractivity contribution is 5.93. The summed E-state index contributed by atoms with van der Waals surface area (Å²) in [5.41, 5.74) is 2.25. The first kappa shape index (κ1) is 15.4. The van der Waals surface area contributed by atoms with Gasteiger partial charge in [0.2, 0.25) is 0 Å². The van der Waals surface area contributed by atoms with Gasteiger partial charge in [-0.1, -0.05) is 30.3 Å². The number of amides is 1. The molecule has 0 bridgehead atoms. The molecule has 1 amide bonds. The molecule has 1 aromatic carbocycles. The molecule has 2 fully saturated rings. The maximum atomic E-state index is 12.4. The second-order valence-corrected chi connectivity index (χ2v) is 6.39. The van der Waals surface area contributed by atoms with Crippen LogP contribution >= 0.6 is 0 Å². The Morgan fingerprint density at radius 2 is 1.88 bits per heavy atom. The standard InChI is InChI=1S/C18H21N3O3/c22-17(16-12-15(20-21-16)13-4-2-1-3-5-13)19-14-6-8-18(9-7-14)23-10-11-24-18/h1-5,12,14H,6-11H2,(H,19,22)(H,20,21). The molecule has 2 N–H and O–H groups in total. The number of carbonyl (C=O) groups is 1. The fourth-order valence-electron chi connectivity index (χ4n) is 3.45. The highest BCUT2D eigenvalue weighted by Gasteiger charge is 2.40. The highest BCUT2D eigenvalue weighted by atomic mass is 16.7. The molecule has 126 valence electrons. The first-order valence-corrected chi connectivity index (χ1v) is 8.44. The molecule has 1 aliphatic heterocycles. The van der Waals surface area contributed by atoms with E-state index >= 15 is 0 Å². The zero-order valence-electron chi connectivity index (χ0n) is 13.5. The first-order valence-electron chi connectivity index (χ1n) is 8.44. The molecule has 1 spiro atoms. The Hall–Kier alpha value is -2.18. The van der Waals surface area contributed by atoms with Gasteiger partial charge in [0.05, 0.1) is 18.9 Å². The van der Waals surface area contributed by atoms with Crippen LogP contribution in [0.4, 0.5) is 0 Å². The molecule has 6 nitrogen and oxygen atoms in total. The minimum atomic E-state index is -0.393. The number of hydrogen-bond donors (Lipinski definition) is 2. The summed E-state index contributed by atoms with van der Waals surface area (Å²) in [4.78, 5) is 12.4. The summed E-state index contributed by atoms with van der Waals surface area (Å²) in [5, 5.41) is 10.1. The van der Waals surface area contributed by atoms with Gasteiger partial charge in [-0.25, -0.2) is 0 Å². The lowest BCUT2D eigenvalue weighted by Crippen LogP contribution is -2.44. The fraction of sp³-hybridized carbons (Fsp3) is 0.444. The van der Waals surface area contributed by atoms with E-state index < -0.39 is 5.79 Å². The number of aromatic nitrogens is 2. The Morgan fingerprint density at radius 1 is 1.17 bits per heavy atom. The van der Waals surface area contributed by atoms with Gasteiger partial charge >= 0.3 is 0 Å². The van der Waals surface area contributed by atoms with Gasteiger partial charge in [-0.3, -0.25) is 9.89 Å². The van der Waals surface area contributed by atoms with E-state index in [9.17, 15) is 4.79 Å². The first-order chi connectivity index (χ1) is 11.7. The second kappa shape index (κ2) is 6.37. The van der Waals surface area contributed by atoms with Gasteiger partial charge in [-0.2, -0.15) is 5.10 Å². The smallest absolute Gasteiger partial charge is 0.269 e. The number of nitrogens with one attached hydrogen (secondary N) is 2. The molecule has 1 saturated carbocycles. The van der Waals surface area contributed by atoms with E-state index in [-0.39, 0.29) is 11.9 Å². The molecule has 0 atom stereocenters. The van der Waals surface area contributed by atoms with Gasteiger partial charge in [0.15, 0.2) is 5.79 Å². The van der Waals surface area contributed by atoms with Crippen molar-refractivity contribution in [2.45, 2.75) is 37.5 Å². The lowest BCUT2D eigenvalue weighted by atomic mass is 9.90. The van der Waals surface area contributed by atoms with Crippen LogP contribution in [-0.2, 0) is 9.47 Å². The largest absolute Gasteiger partial charge is 0.348 e. The Labute approximate surface area is 140 Å². The van der Waals surface area contributed by atoms with Gasteiger partial charge in [-0.05, 0) is 18.9 Å². The van der Waals surface area contributed by atoms with Crippen LogP contribution in [0.5, 0.6) is 0 Å². The number of ether oxygens (including phenoxy) is 2. The minimum absolute atomic E-state index is 0.112. The number of H-pyrrole nitrogens is 1. The summed E-state index contributed by atoms with van der Waals surface area (Å²) >= 11 is 0. The average Bonchev–Trinajstić information content (AvgIpc) is 3.28. The predicted octanol–water partition coefficient (Wildman–Crippen LogP) is 2.49.